The van der Waals surface area contributed by atoms with E-state index in [-0.39, 0.29) is 5.91 Å². The minimum atomic E-state index is -0.235. The van der Waals surface area contributed by atoms with E-state index in [2.05, 4.69) is 15.3 Å². The number of furan rings is 1. The summed E-state index contributed by atoms with van der Waals surface area (Å²) < 4.78 is 6.80. The van der Waals surface area contributed by atoms with Crippen molar-refractivity contribution in [2.75, 3.05) is 5.32 Å². The molecule has 4 rings (SSSR count). The third-order valence-corrected chi connectivity index (χ3v) is 3.49. The van der Waals surface area contributed by atoms with Gasteiger partial charge in [-0.1, -0.05) is 12.1 Å². The Morgan fingerprint density at radius 3 is 2.78 bits per heavy atom. The third-order valence-electron chi connectivity index (χ3n) is 3.49. The number of nitrogens with zero attached hydrogens (tertiary/aromatic N) is 3. The zero-order valence-corrected chi connectivity index (χ0v) is 12.0. The lowest BCUT2D eigenvalue weighted by molar-refractivity contribution is 0.102. The molecule has 3 aromatic heterocycles. The predicted octanol–water partition coefficient (Wildman–Crippen LogP) is 3.27. The Bertz CT molecular complexity index is 956. The van der Waals surface area contributed by atoms with Crippen LogP contribution in [0.4, 0.5) is 5.69 Å². The molecule has 112 valence electrons. The van der Waals surface area contributed by atoms with Crippen LogP contribution in [0.2, 0.25) is 0 Å². The van der Waals surface area contributed by atoms with Crippen LogP contribution in [0, 0.1) is 0 Å². The Kier molecular flexibility index (Phi) is 3.12. The minimum absolute atomic E-state index is 0.235. The first kappa shape index (κ1) is 13.3. The SMILES string of the molecule is O=C(Nc1ccc(-n2cnc3ccccc32)nc1)c1ccoc1. The van der Waals surface area contributed by atoms with Crippen molar-refractivity contribution in [1.82, 2.24) is 14.5 Å². The molecule has 0 bridgehead atoms. The maximum absolute atomic E-state index is 11.9. The number of fused-ring (bicyclic) bond motifs is 1. The monoisotopic (exact) mass is 304 g/mol. The highest BCUT2D eigenvalue weighted by molar-refractivity contribution is 6.03. The maximum atomic E-state index is 11.9. The van der Waals surface area contributed by atoms with Gasteiger partial charge in [-0.25, -0.2) is 9.97 Å². The second kappa shape index (κ2) is 5.42. The first-order chi connectivity index (χ1) is 11.3. The first-order valence-electron chi connectivity index (χ1n) is 7.03. The van der Waals surface area contributed by atoms with Crippen molar-refractivity contribution in [3.05, 3.63) is 73.1 Å². The molecule has 0 unspecified atom stereocenters. The molecule has 0 saturated carbocycles. The smallest absolute Gasteiger partial charge is 0.258 e. The number of amides is 1. The molecule has 0 saturated heterocycles. The molecule has 23 heavy (non-hydrogen) atoms. The van der Waals surface area contributed by atoms with Crippen LogP contribution >= 0.6 is 0 Å². The second-order valence-corrected chi connectivity index (χ2v) is 4.97. The molecule has 0 aliphatic rings. The van der Waals surface area contributed by atoms with E-state index in [1.165, 1.54) is 12.5 Å². The van der Waals surface area contributed by atoms with Crippen molar-refractivity contribution in [2.24, 2.45) is 0 Å². The van der Waals surface area contributed by atoms with E-state index in [0.717, 1.165) is 16.9 Å². The summed E-state index contributed by atoms with van der Waals surface area (Å²) >= 11 is 0. The van der Waals surface area contributed by atoms with E-state index in [4.69, 9.17) is 4.42 Å². The number of nitrogens with one attached hydrogen (secondary N) is 1. The molecule has 0 radical (unpaired) electrons. The molecule has 6 nitrogen and oxygen atoms in total. The minimum Gasteiger partial charge on any atom is -0.472 e. The third kappa shape index (κ3) is 2.46. The molecule has 0 aliphatic carbocycles. The van der Waals surface area contributed by atoms with Gasteiger partial charge in [0.2, 0.25) is 0 Å². The molecular formula is C17H12N4O2. The van der Waals surface area contributed by atoms with Gasteiger partial charge in [0.25, 0.3) is 5.91 Å². The molecule has 1 N–H and O–H groups in total. The Hall–Kier alpha value is -3.41. The standard InChI is InChI=1S/C17H12N4O2/c22-17(12-7-8-23-10-12)20-13-5-6-16(18-9-13)21-11-19-14-3-1-2-4-15(14)21/h1-11H,(H,20,22). The normalized spacial score (nSPS) is 10.8. The number of hydrogen-bond donors (Lipinski definition) is 1. The van der Waals surface area contributed by atoms with E-state index in [1.54, 1.807) is 24.7 Å². The molecular weight excluding hydrogens is 292 g/mol. The van der Waals surface area contributed by atoms with Crippen molar-refractivity contribution in [3.63, 3.8) is 0 Å². The Balaban J connectivity index is 1.60. The zero-order chi connectivity index (χ0) is 15.6. The number of rotatable bonds is 3. The summed E-state index contributed by atoms with van der Waals surface area (Å²) in [5.41, 5.74) is 2.97. The van der Waals surface area contributed by atoms with E-state index in [9.17, 15) is 4.79 Å². The van der Waals surface area contributed by atoms with Gasteiger partial charge in [0, 0.05) is 0 Å². The average Bonchev–Trinajstić information content (AvgIpc) is 3.25. The summed E-state index contributed by atoms with van der Waals surface area (Å²) in [6.07, 6.45) is 6.20. The zero-order valence-electron chi connectivity index (χ0n) is 12.0. The lowest BCUT2D eigenvalue weighted by Gasteiger charge is -2.06. The van der Waals surface area contributed by atoms with Crippen LogP contribution in [0.1, 0.15) is 10.4 Å². The van der Waals surface area contributed by atoms with Crippen LogP contribution in [0.5, 0.6) is 0 Å². The summed E-state index contributed by atoms with van der Waals surface area (Å²) in [7, 11) is 0. The quantitative estimate of drug-likeness (QED) is 0.630. The number of imidazole rings is 1. The van der Waals surface area contributed by atoms with Gasteiger partial charge in [-0.05, 0) is 30.3 Å². The molecule has 1 amide bonds. The van der Waals surface area contributed by atoms with Crippen LogP contribution in [-0.4, -0.2) is 20.4 Å². The summed E-state index contributed by atoms with van der Waals surface area (Å²) in [6, 6.07) is 13.1. The molecule has 0 aliphatic heterocycles. The van der Waals surface area contributed by atoms with Crippen molar-refractivity contribution >= 4 is 22.6 Å². The Morgan fingerprint density at radius 1 is 1.09 bits per heavy atom. The topological polar surface area (TPSA) is 73.0 Å². The van der Waals surface area contributed by atoms with E-state index in [1.807, 2.05) is 34.9 Å². The molecule has 4 aromatic rings. The van der Waals surface area contributed by atoms with Crippen molar-refractivity contribution in [3.8, 4) is 5.82 Å². The summed E-state index contributed by atoms with van der Waals surface area (Å²) in [5.74, 6) is 0.501. The molecule has 0 spiro atoms. The second-order valence-electron chi connectivity index (χ2n) is 4.97. The van der Waals surface area contributed by atoms with E-state index >= 15 is 0 Å². The highest BCUT2D eigenvalue weighted by atomic mass is 16.3. The average molecular weight is 304 g/mol. The number of carbonyl (C=O) groups is 1. The number of benzene rings is 1. The fraction of sp³-hybridized carbons (Fsp3) is 0. The fourth-order valence-electron chi connectivity index (χ4n) is 2.34. The van der Waals surface area contributed by atoms with Gasteiger partial charge in [-0.3, -0.25) is 9.36 Å². The van der Waals surface area contributed by atoms with Gasteiger partial charge in [0.15, 0.2) is 0 Å². The number of hydrogen-bond acceptors (Lipinski definition) is 4. The first-order valence-corrected chi connectivity index (χ1v) is 7.03. The molecule has 0 fully saturated rings. The van der Waals surface area contributed by atoms with Crippen LogP contribution < -0.4 is 5.32 Å². The van der Waals surface area contributed by atoms with Crippen molar-refractivity contribution < 1.29 is 9.21 Å². The van der Waals surface area contributed by atoms with Gasteiger partial charge in [0.05, 0.1) is 34.7 Å². The number of aromatic nitrogens is 3. The molecule has 3 heterocycles. The molecule has 1 aromatic carbocycles. The number of para-hydroxylation sites is 2. The van der Waals surface area contributed by atoms with Gasteiger partial charge < -0.3 is 9.73 Å². The number of pyridine rings is 1. The van der Waals surface area contributed by atoms with Crippen LogP contribution in [0.3, 0.4) is 0 Å². The van der Waals surface area contributed by atoms with Crippen LogP contribution in [0.25, 0.3) is 16.9 Å². The highest BCUT2D eigenvalue weighted by Gasteiger charge is 2.08. The lowest BCUT2D eigenvalue weighted by atomic mass is 10.3. The molecule has 6 heteroatoms. The Morgan fingerprint density at radius 2 is 2.00 bits per heavy atom. The van der Waals surface area contributed by atoms with Crippen LogP contribution in [0.15, 0.2) is 71.9 Å². The molecule has 0 atom stereocenters. The van der Waals surface area contributed by atoms with Crippen LogP contribution in [-0.2, 0) is 0 Å². The van der Waals surface area contributed by atoms with Gasteiger partial charge in [-0.15, -0.1) is 0 Å². The van der Waals surface area contributed by atoms with Gasteiger partial charge in [0.1, 0.15) is 18.4 Å². The van der Waals surface area contributed by atoms with E-state index in [0.29, 0.717) is 11.3 Å². The lowest BCUT2D eigenvalue weighted by Crippen LogP contribution is -2.11. The summed E-state index contributed by atoms with van der Waals surface area (Å²) in [6.45, 7) is 0. The van der Waals surface area contributed by atoms with E-state index < -0.39 is 0 Å². The largest absolute Gasteiger partial charge is 0.472 e. The van der Waals surface area contributed by atoms with Crippen molar-refractivity contribution in [1.29, 1.82) is 0 Å². The Labute approximate surface area is 131 Å². The predicted molar refractivity (Wildman–Crippen MR) is 85.5 cm³/mol. The summed E-state index contributed by atoms with van der Waals surface area (Å²) in [5, 5.41) is 2.77. The summed E-state index contributed by atoms with van der Waals surface area (Å²) in [4.78, 5) is 20.7. The number of anilines is 1. The fourth-order valence-corrected chi connectivity index (χ4v) is 2.34. The maximum Gasteiger partial charge on any atom is 0.258 e. The van der Waals surface area contributed by atoms with Gasteiger partial charge >= 0.3 is 0 Å². The number of carbonyl (C=O) groups excluding carboxylic acids is 1. The highest BCUT2D eigenvalue weighted by Crippen LogP contribution is 2.17. The van der Waals surface area contributed by atoms with Crippen molar-refractivity contribution in [2.45, 2.75) is 0 Å². The van der Waals surface area contributed by atoms with Gasteiger partial charge in [-0.2, -0.15) is 0 Å².